The molecular weight excluding hydrogens is 314 g/mol. The molecule has 0 spiro atoms. The number of ether oxygens (including phenoxy) is 1. The first-order valence-electron chi connectivity index (χ1n) is 8.68. The smallest absolute Gasteiger partial charge is 0.255 e. The van der Waals surface area contributed by atoms with Crippen molar-refractivity contribution in [1.82, 2.24) is 0 Å². The first-order chi connectivity index (χ1) is 12.0. The van der Waals surface area contributed by atoms with Gasteiger partial charge < -0.3 is 20.7 Å². The van der Waals surface area contributed by atoms with Gasteiger partial charge in [0, 0.05) is 24.3 Å². The zero-order valence-corrected chi connectivity index (χ0v) is 14.8. The fourth-order valence-electron chi connectivity index (χ4n) is 2.95. The molecule has 0 aliphatic carbocycles. The minimum absolute atomic E-state index is 0.129. The highest BCUT2D eigenvalue weighted by atomic mass is 16.5. The minimum Gasteiger partial charge on any atom is -0.399 e. The largest absolute Gasteiger partial charge is 0.399 e. The molecule has 1 fully saturated rings. The summed E-state index contributed by atoms with van der Waals surface area (Å²) in [4.78, 5) is 14.9. The van der Waals surface area contributed by atoms with Gasteiger partial charge in [-0.2, -0.15) is 0 Å². The molecular formula is C20H25N3O2. The SMILES string of the molecule is CC(C)c1ccc(C(=O)Nc2cc(N)ccc2N2CCOCC2)cc1. The van der Waals surface area contributed by atoms with E-state index < -0.39 is 0 Å². The lowest BCUT2D eigenvalue weighted by Gasteiger charge is -2.30. The molecule has 0 saturated carbocycles. The second-order valence-electron chi connectivity index (χ2n) is 6.61. The number of amides is 1. The number of carbonyl (C=O) groups is 1. The average Bonchev–Trinajstić information content (AvgIpc) is 2.62. The number of benzene rings is 2. The predicted molar refractivity (Wildman–Crippen MR) is 102 cm³/mol. The molecule has 2 aromatic carbocycles. The Kier molecular flexibility index (Phi) is 5.24. The molecule has 1 aliphatic rings. The normalized spacial score (nSPS) is 14.6. The zero-order valence-electron chi connectivity index (χ0n) is 14.8. The van der Waals surface area contributed by atoms with Gasteiger partial charge in [-0.1, -0.05) is 26.0 Å². The van der Waals surface area contributed by atoms with Crippen molar-refractivity contribution < 1.29 is 9.53 Å². The van der Waals surface area contributed by atoms with Crippen molar-refractivity contribution in [3.63, 3.8) is 0 Å². The van der Waals surface area contributed by atoms with Crippen LogP contribution in [0.2, 0.25) is 0 Å². The maximum Gasteiger partial charge on any atom is 0.255 e. The molecule has 3 N–H and O–H groups in total. The van der Waals surface area contributed by atoms with E-state index in [-0.39, 0.29) is 5.91 Å². The maximum absolute atomic E-state index is 12.6. The molecule has 0 aromatic heterocycles. The Balaban J connectivity index is 1.81. The van der Waals surface area contributed by atoms with Crippen LogP contribution in [0, 0.1) is 0 Å². The third-order valence-electron chi connectivity index (χ3n) is 4.46. The molecule has 25 heavy (non-hydrogen) atoms. The minimum atomic E-state index is -0.129. The summed E-state index contributed by atoms with van der Waals surface area (Å²) in [6.45, 7) is 7.25. The lowest BCUT2D eigenvalue weighted by molar-refractivity contribution is 0.102. The van der Waals surface area contributed by atoms with Crippen molar-refractivity contribution in [3.8, 4) is 0 Å². The van der Waals surface area contributed by atoms with Gasteiger partial charge in [0.25, 0.3) is 5.91 Å². The van der Waals surface area contributed by atoms with Crippen molar-refractivity contribution in [3.05, 3.63) is 53.6 Å². The van der Waals surface area contributed by atoms with Gasteiger partial charge >= 0.3 is 0 Å². The number of nitrogen functional groups attached to an aromatic ring is 1. The van der Waals surface area contributed by atoms with Crippen LogP contribution in [0.4, 0.5) is 17.1 Å². The maximum atomic E-state index is 12.6. The van der Waals surface area contributed by atoms with Gasteiger partial charge in [0.1, 0.15) is 0 Å². The Morgan fingerprint density at radius 1 is 1.12 bits per heavy atom. The molecule has 5 heteroatoms. The third-order valence-corrected chi connectivity index (χ3v) is 4.46. The Morgan fingerprint density at radius 2 is 1.80 bits per heavy atom. The molecule has 0 bridgehead atoms. The molecule has 5 nitrogen and oxygen atoms in total. The van der Waals surface area contributed by atoms with E-state index >= 15 is 0 Å². The Hall–Kier alpha value is -2.53. The topological polar surface area (TPSA) is 67.6 Å². The van der Waals surface area contributed by atoms with Crippen LogP contribution in [0.3, 0.4) is 0 Å². The monoisotopic (exact) mass is 339 g/mol. The van der Waals surface area contributed by atoms with Crippen molar-refractivity contribution in [2.24, 2.45) is 0 Å². The molecule has 1 heterocycles. The molecule has 0 radical (unpaired) electrons. The summed E-state index contributed by atoms with van der Waals surface area (Å²) in [6.07, 6.45) is 0. The van der Waals surface area contributed by atoms with E-state index in [9.17, 15) is 4.79 Å². The van der Waals surface area contributed by atoms with Gasteiger partial charge in [-0.25, -0.2) is 0 Å². The molecule has 0 atom stereocenters. The Labute approximate surface area is 148 Å². The number of carbonyl (C=O) groups excluding carboxylic acids is 1. The molecule has 132 valence electrons. The quantitative estimate of drug-likeness (QED) is 0.837. The van der Waals surface area contributed by atoms with E-state index in [4.69, 9.17) is 10.5 Å². The summed E-state index contributed by atoms with van der Waals surface area (Å²) in [5.74, 6) is 0.314. The molecule has 1 saturated heterocycles. The van der Waals surface area contributed by atoms with Crippen molar-refractivity contribution in [2.45, 2.75) is 19.8 Å². The van der Waals surface area contributed by atoms with Crippen LogP contribution in [0.1, 0.15) is 35.7 Å². The van der Waals surface area contributed by atoms with E-state index in [1.807, 2.05) is 42.5 Å². The summed E-state index contributed by atoms with van der Waals surface area (Å²) in [7, 11) is 0. The predicted octanol–water partition coefficient (Wildman–Crippen LogP) is 3.48. The Bertz CT molecular complexity index is 735. The number of hydrogen-bond acceptors (Lipinski definition) is 4. The first kappa shape index (κ1) is 17.3. The van der Waals surface area contributed by atoms with Crippen molar-refractivity contribution in [1.29, 1.82) is 0 Å². The number of hydrogen-bond donors (Lipinski definition) is 2. The summed E-state index contributed by atoms with van der Waals surface area (Å²) in [6, 6.07) is 13.4. The standard InChI is InChI=1S/C20H25N3O2/c1-14(2)15-3-5-16(6-4-15)20(24)22-18-13-17(21)7-8-19(18)23-9-11-25-12-10-23/h3-8,13-14H,9-12,21H2,1-2H3,(H,22,24). The molecule has 3 rings (SSSR count). The first-order valence-corrected chi connectivity index (χ1v) is 8.68. The highest BCUT2D eigenvalue weighted by molar-refractivity contribution is 6.06. The van der Waals surface area contributed by atoms with Crippen LogP contribution >= 0.6 is 0 Å². The summed E-state index contributed by atoms with van der Waals surface area (Å²) in [5.41, 5.74) is 10.1. The van der Waals surface area contributed by atoms with Crippen LogP contribution in [0.5, 0.6) is 0 Å². The van der Waals surface area contributed by atoms with Gasteiger partial charge in [-0.15, -0.1) is 0 Å². The van der Waals surface area contributed by atoms with Crippen LogP contribution in [-0.2, 0) is 4.74 Å². The van der Waals surface area contributed by atoms with E-state index in [1.165, 1.54) is 5.56 Å². The lowest BCUT2D eigenvalue weighted by atomic mass is 10.0. The summed E-state index contributed by atoms with van der Waals surface area (Å²) < 4.78 is 5.41. The zero-order chi connectivity index (χ0) is 17.8. The fourth-order valence-corrected chi connectivity index (χ4v) is 2.95. The number of nitrogens with two attached hydrogens (primary N) is 1. The van der Waals surface area contributed by atoms with Crippen LogP contribution in [-0.4, -0.2) is 32.2 Å². The van der Waals surface area contributed by atoms with E-state index in [0.717, 1.165) is 24.5 Å². The molecule has 1 amide bonds. The average molecular weight is 339 g/mol. The highest BCUT2D eigenvalue weighted by Crippen LogP contribution is 2.29. The number of nitrogens with one attached hydrogen (secondary N) is 1. The fraction of sp³-hybridized carbons (Fsp3) is 0.350. The lowest BCUT2D eigenvalue weighted by Crippen LogP contribution is -2.36. The van der Waals surface area contributed by atoms with E-state index in [2.05, 4.69) is 24.1 Å². The van der Waals surface area contributed by atoms with Crippen molar-refractivity contribution in [2.75, 3.05) is 42.3 Å². The van der Waals surface area contributed by atoms with Gasteiger partial charge in [-0.3, -0.25) is 4.79 Å². The van der Waals surface area contributed by atoms with E-state index in [0.29, 0.717) is 30.4 Å². The second kappa shape index (κ2) is 7.57. The van der Waals surface area contributed by atoms with Crippen LogP contribution < -0.4 is 16.0 Å². The van der Waals surface area contributed by atoms with Gasteiger partial charge in [-0.05, 0) is 41.8 Å². The third kappa shape index (κ3) is 4.12. The number of anilines is 3. The Morgan fingerprint density at radius 3 is 2.44 bits per heavy atom. The van der Waals surface area contributed by atoms with Gasteiger partial charge in [0.2, 0.25) is 0 Å². The van der Waals surface area contributed by atoms with Crippen LogP contribution in [0.15, 0.2) is 42.5 Å². The van der Waals surface area contributed by atoms with Gasteiger partial charge in [0.15, 0.2) is 0 Å². The molecule has 0 unspecified atom stereocenters. The van der Waals surface area contributed by atoms with E-state index in [1.54, 1.807) is 0 Å². The van der Waals surface area contributed by atoms with Crippen LogP contribution in [0.25, 0.3) is 0 Å². The summed E-state index contributed by atoms with van der Waals surface area (Å²) in [5, 5.41) is 3.01. The number of rotatable bonds is 4. The summed E-state index contributed by atoms with van der Waals surface area (Å²) >= 11 is 0. The number of morpholine rings is 1. The van der Waals surface area contributed by atoms with Gasteiger partial charge in [0.05, 0.1) is 24.6 Å². The number of nitrogens with zero attached hydrogens (tertiary/aromatic N) is 1. The molecule has 1 aliphatic heterocycles. The van der Waals surface area contributed by atoms with Crippen molar-refractivity contribution >= 4 is 23.0 Å². The second-order valence-corrected chi connectivity index (χ2v) is 6.61. The highest BCUT2D eigenvalue weighted by Gasteiger charge is 2.17. The molecule has 2 aromatic rings.